The topological polar surface area (TPSA) is 55.1 Å². The first-order chi connectivity index (χ1) is 8.02. The molecule has 0 aliphatic carbocycles. The zero-order valence-corrected chi connectivity index (χ0v) is 10.2. The van der Waals surface area contributed by atoms with Gasteiger partial charge in [0.05, 0.1) is 6.04 Å². The van der Waals surface area contributed by atoms with Crippen molar-refractivity contribution in [2.75, 3.05) is 6.54 Å². The molecule has 3 N–H and O–H groups in total. The van der Waals surface area contributed by atoms with Crippen molar-refractivity contribution in [1.82, 2.24) is 5.32 Å². The van der Waals surface area contributed by atoms with Crippen molar-refractivity contribution >= 4 is 5.91 Å². The van der Waals surface area contributed by atoms with Crippen LogP contribution in [0.15, 0.2) is 24.3 Å². The lowest BCUT2D eigenvalue weighted by Gasteiger charge is -2.16. The highest BCUT2D eigenvalue weighted by molar-refractivity contribution is 5.76. The predicted molar refractivity (Wildman–Crippen MR) is 65.8 cm³/mol. The van der Waals surface area contributed by atoms with Crippen LogP contribution in [-0.4, -0.2) is 12.5 Å². The number of benzene rings is 1. The van der Waals surface area contributed by atoms with Gasteiger partial charge in [0.25, 0.3) is 0 Å². The SMILES string of the molecule is CC(CN)CC(=O)NC(C)c1cccc(F)c1. The van der Waals surface area contributed by atoms with E-state index < -0.39 is 0 Å². The molecule has 2 atom stereocenters. The van der Waals surface area contributed by atoms with Gasteiger partial charge in [0.1, 0.15) is 5.82 Å². The van der Waals surface area contributed by atoms with Gasteiger partial charge in [-0.05, 0) is 37.1 Å². The molecule has 2 unspecified atom stereocenters. The maximum absolute atomic E-state index is 13.0. The number of hydrogen-bond acceptors (Lipinski definition) is 2. The molecule has 0 bridgehead atoms. The second-order valence-corrected chi connectivity index (χ2v) is 4.39. The van der Waals surface area contributed by atoms with E-state index in [1.807, 2.05) is 13.8 Å². The minimum absolute atomic E-state index is 0.0558. The first-order valence-electron chi connectivity index (χ1n) is 5.77. The van der Waals surface area contributed by atoms with E-state index in [-0.39, 0.29) is 23.7 Å². The molecule has 0 aliphatic heterocycles. The number of nitrogens with one attached hydrogen (secondary N) is 1. The van der Waals surface area contributed by atoms with Gasteiger partial charge in [-0.15, -0.1) is 0 Å². The Balaban J connectivity index is 2.54. The molecule has 0 saturated heterocycles. The molecule has 1 amide bonds. The van der Waals surface area contributed by atoms with Gasteiger partial charge in [-0.25, -0.2) is 4.39 Å². The summed E-state index contributed by atoms with van der Waals surface area (Å²) in [6.07, 6.45) is 0.399. The fraction of sp³-hybridized carbons (Fsp3) is 0.462. The first kappa shape index (κ1) is 13.6. The summed E-state index contributed by atoms with van der Waals surface area (Å²) in [6, 6.07) is 6.05. The lowest BCUT2D eigenvalue weighted by Crippen LogP contribution is -2.29. The van der Waals surface area contributed by atoms with E-state index >= 15 is 0 Å². The minimum Gasteiger partial charge on any atom is -0.350 e. The third-order valence-corrected chi connectivity index (χ3v) is 2.66. The summed E-state index contributed by atoms with van der Waals surface area (Å²) in [4.78, 5) is 11.6. The van der Waals surface area contributed by atoms with Gasteiger partial charge in [0.15, 0.2) is 0 Å². The molecule has 1 aromatic rings. The molecule has 0 aliphatic rings. The molecule has 0 fully saturated rings. The van der Waals surface area contributed by atoms with Crippen molar-refractivity contribution in [3.05, 3.63) is 35.6 Å². The minimum atomic E-state index is -0.293. The largest absolute Gasteiger partial charge is 0.350 e. The van der Waals surface area contributed by atoms with Crippen LogP contribution in [0.25, 0.3) is 0 Å². The molecule has 0 radical (unpaired) electrons. The van der Waals surface area contributed by atoms with E-state index in [0.717, 1.165) is 5.56 Å². The number of halogens is 1. The highest BCUT2D eigenvalue weighted by Gasteiger charge is 2.12. The van der Waals surface area contributed by atoms with Gasteiger partial charge < -0.3 is 11.1 Å². The normalized spacial score (nSPS) is 14.1. The van der Waals surface area contributed by atoms with Crippen LogP contribution in [0.1, 0.15) is 31.9 Å². The summed E-state index contributed by atoms with van der Waals surface area (Å²) in [6.45, 7) is 4.24. The summed E-state index contributed by atoms with van der Waals surface area (Å²) in [5, 5.41) is 2.83. The molecule has 3 nitrogen and oxygen atoms in total. The Kier molecular flexibility index (Phi) is 5.10. The number of amides is 1. The monoisotopic (exact) mass is 238 g/mol. The number of carbonyl (C=O) groups excluding carboxylic acids is 1. The van der Waals surface area contributed by atoms with Crippen molar-refractivity contribution in [1.29, 1.82) is 0 Å². The average molecular weight is 238 g/mol. The van der Waals surface area contributed by atoms with Crippen LogP contribution >= 0.6 is 0 Å². The van der Waals surface area contributed by atoms with Gasteiger partial charge in [-0.2, -0.15) is 0 Å². The molecule has 4 heteroatoms. The molecular formula is C13H19FN2O. The smallest absolute Gasteiger partial charge is 0.220 e. The van der Waals surface area contributed by atoms with Crippen LogP contribution in [0.3, 0.4) is 0 Å². The lowest BCUT2D eigenvalue weighted by atomic mass is 10.1. The molecular weight excluding hydrogens is 219 g/mol. The number of carbonyl (C=O) groups is 1. The fourth-order valence-electron chi connectivity index (χ4n) is 1.56. The zero-order valence-electron chi connectivity index (χ0n) is 10.2. The van der Waals surface area contributed by atoms with Crippen LogP contribution in [-0.2, 0) is 4.79 Å². The van der Waals surface area contributed by atoms with Gasteiger partial charge in [-0.1, -0.05) is 19.1 Å². The van der Waals surface area contributed by atoms with E-state index in [9.17, 15) is 9.18 Å². The molecule has 0 saturated carbocycles. The van der Waals surface area contributed by atoms with Crippen molar-refractivity contribution in [2.45, 2.75) is 26.3 Å². The Morgan fingerprint density at radius 2 is 2.18 bits per heavy atom. The first-order valence-corrected chi connectivity index (χ1v) is 5.77. The van der Waals surface area contributed by atoms with E-state index in [0.29, 0.717) is 13.0 Å². The Morgan fingerprint density at radius 1 is 1.47 bits per heavy atom. The second-order valence-electron chi connectivity index (χ2n) is 4.39. The van der Waals surface area contributed by atoms with Gasteiger partial charge >= 0.3 is 0 Å². The van der Waals surface area contributed by atoms with E-state index in [2.05, 4.69) is 5.32 Å². The Hall–Kier alpha value is -1.42. The van der Waals surface area contributed by atoms with Crippen LogP contribution in [0, 0.1) is 11.7 Å². The quantitative estimate of drug-likeness (QED) is 0.824. The third-order valence-electron chi connectivity index (χ3n) is 2.66. The summed E-state index contributed by atoms with van der Waals surface area (Å²) in [5.74, 6) is -0.187. The average Bonchev–Trinajstić information content (AvgIpc) is 2.28. The molecule has 0 spiro atoms. The summed E-state index contributed by atoms with van der Waals surface area (Å²) >= 11 is 0. The van der Waals surface area contributed by atoms with Crippen molar-refractivity contribution in [2.24, 2.45) is 11.7 Å². The maximum atomic E-state index is 13.0. The fourth-order valence-corrected chi connectivity index (χ4v) is 1.56. The molecule has 1 rings (SSSR count). The van der Waals surface area contributed by atoms with E-state index in [1.54, 1.807) is 12.1 Å². The number of rotatable bonds is 5. The lowest BCUT2D eigenvalue weighted by molar-refractivity contribution is -0.122. The van der Waals surface area contributed by atoms with Crippen molar-refractivity contribution < 1.29 is 9.18 Å². The van der Waals surface area contributed by atoms with Crippen LogP contribution in [0.2, 0.25) is 0 Å². The van der Waals surface area contributed by atoms with Gasteiger partial charge in [-0.3, -0.25) is 4.79 Å². The molecule has 94 valence electrons. The zero-order chi connectivity index (χ0) is 12.8. The molecule has 0 aromatic heterocycles. The van der Waals surface area contributed by atoms with Crippen LogP contribution < -0.4 is 11.1 Å². The standard InChI is InChI=1S/C13H19FN2O/c1-9(8-15)6-13(17)16-10(2)11-4-3-5-12(14)7-11/h3-5,7,9-10H,6,8,15H2,1-2H3,(H,16,17). The summed E-state index contributed by atoms with van der Waals surface area (Å²) in [7, 11) is 0. The predicted octanol–water partition coefficient (Wildman–Crippen LogP) is 1.99. The molecule has 0 heterocycles. The highest BCUT2D eigenvalue weighted by Crippen LogP contribution is 2.14. The van der Waals surface area contributed by atoms with Crippen LogP contribution in [0.5, 0.6) is 0 Å². The van der Waals surface area contributed by atoms with Gasteiger partial charge in [0, 0.05) is 6.42 Å². The summed E-state index contributed by atoms with van der Waals surface area (Å²) in [5.41, 5.74) is 6.22. The van der Waals surface area contributed by atoms with Gasteiger partial charge in [0.2, 0.25) is 5.91 Å². The van der Waals surface area contributed by atoms with Crippen LogP contribution in [0.4, 0.5) is 4.39 Å². The molecule has 1 aromatic carbocycles. The summed E-state index contributed by atoms with van der Waals surface area (Å²) < 4.78 is 13.0. The Labute approximate surface area is 101 Å². The van der Waals surface area contributed by atoms with Crippen molar-refractivity contribution in [3.63, 3.8) is 0 Å². The third kappa shape index (κ3) is 4.53. The number of nitrogens with two attached hydrogens (primary N) is 1. The Morgan fingerprint density at radius 3 is 2.76 bits per heavy atom. The van der Waals surface area contributed by atoms with E-state index in [1.165, 1.54) is 12.1 Å². The van der Waals surface area contributed by atoms with E-state index in [4.69, 9.17) is 5.73 Å². The van der Waals surface area contributed by atoms with Crippen molar-refractivity contribution in [3.8, 4) is 0 Å². The maximum Gasteiger partial charge on any atom is 0.220 e. The Bertz CT molecular complexity index is 381. The second kappa shape index (κ2) is 6.35. The molecule has 17 heavy (non-hydrogen) atoms. The number of hydrogen-bond donors (Lipinski definition) is 2. The highest BCUT2D eigenvalue weighted by atomic mass is 19.1.